The third kappa shape index (κ3) is 6.31. The summed E-state index contributed by atoms with van der Waals surface area (Å²) >= 11 is 2.59. The highest BCUT2D eigenvalue weighted by Crippen LogP contribution is 2.42. The van der Waals surface area contributed by atoms with E-state index >= 15 is 0 Å². The van der Waals surface area contributed by atoms with Crippen molar-refractivity contribution >= 4 is 52.3 Å². The molecule has 198 valence electrons. The highest BCUT2D eigenvalue weighted by molar-refractivity contribution is 8.03. The number of rotatable bonds is 9. The summed E-state index contributed by atoms with van der Waals surface area (Å²) in [7, 11) is 1.52. The van der Waals surface area contributed by atoms with Gasteiger partial charge in [0.25, 0.3) is 5.91 Å². The van der Waals surface area contributed by atoms with Crippen LogP contribution < -0.4 is 20.7 Å². The smallest absolute Gasteiger partial charge is 0.335 e. The number of benzene rings is 2. The molecule has 2 aromatic carbocycles. The van der Waals surface area contributed by atoms with Gasteiger partial charge in [-0.05, 0) is 54.8 Å². The maximum atomic E-state index is 13.6. The molecule has 0 saturated carbocycles. The van der Waals surface area contributed by atoms with Crippen LogP contribution in [0.5, 0.6) is 5.75 Å². The SMILES string of the molecule is COc1ccccc1NC(=O)C1=C(C)NC(SCC(=O)Nc2ccc(C(=O)O)cc2)=C(C#N)[C@H]1c1cccs1. The second-order valence-electron chi connectivity index (χ2n) is 8.34. The first-order valence-corrected chi connectivity index (χ1v) is 13.5. The fourth-order valence-electron chi connectivity index (χ4n) is 4.04. The fraction of sp³-hybridized carbons (Fsp3) is 0.143. The molecule has 9 nitrogen and oxygen atoms in total. The number of nitrogens with one attached hydrogen (secondary N) is 3. The first-order valence-electron chi connectivity index (χ1n) is 11.7. The topological polar surface area (TPSA) is 141 Å². The standard InChI is InChI=1S/C28H24N4O5S2/c1-16-24(26(34)32-20-6-3-4-7-21(20)37-2)25(22-8-5-13-38-22)19(14-29)27(30-16)39-15-23(33)31-18-11-9-17(10-12-18)28(35)36/h3-13,25,30H,15H2,1-2H3,(H,31,33)(H,32,34)(H,35,36)/t25-/m0/s1. The van der Waals surface area contributed by atoms with E-state index < -0.39 is 11.9 Å². The lowest BCUT2D eigenvalue weighted by atomic mass is 9.86. The number of carboxylic acids is 1. The predicted octanol–water partition coefficient (Wildman–Crippen LogP) is 5.16. The van der Waals surface area contributed by atoms with E-state index in [1.165, 1.54) is 42.7 Å². The third-order valence-corrected chi connectivity index (χ3v) is 7.79. The molecular formula is C28H24N4O5S2. The molecule has 2 amide bonds. The quantitative estimate of drug-likeness (QED) is 0.281. The molecule has 0 spiro atoms. The van der Waals surface area contributed by atoms with Crippen molar-refractivity contribution in [1.29, 1.82) is 5.26 Å². The second-order valence-corrected chi connectivity index (χ2v) is 10.3. The summed E-state index contributed by atoms with van der Waals surface area (Å²) in [6.07, 6.45) is 0. The summed E-state index contributed by atoms with van der Waals surface area (Å²) in [6.45, 7) is 1.76. The number of aromatic carboxylic acids is 1. The number of hydrogen-bond acceptors (Lipinski definition) is 8. The number of methoxy groups -OCH3 is 1. The number of hydrogen-bond donors (Lipinski definition) is 4. The Morgan fingerprint density at radius 3 is 2.49 bits per heavy atom. The number of nitrogens with zero attached hydrogens (tertiary/aromatic N) is 1. The van der Waals surface area contributed by atoms with E-state index in [0.29, 0.717) is 39.0 Å². The van der Waals surface area contributed by atoms with Crippen LogP contribution in [0.25, 0.3) is 0 Å². The van der Waals surface area contributed by atoms with Gasteiger partial charge >= 0.3 is 5.97 Å². The predicted molar refractivity (Wildman–Crippen MR) is 152 cm³/mol. The molecule has 4 N–H and O–H groups in total. The molecule has 0 saturated heterocycles. The van der Waals surface area contributed by atoms with Crippen LogP contribution in [0.1, 0.15) is 28.1 Å². The summed E-state index contributed by atoms with van der Waals surface area (Å²) < 4.78 is 5.36. The van der Waals surface area contributed by atoms with Crippen molar-refractivity contribution in [3.8, 4) is 11.8 Å². The summed E-state index contributed by atoms with van der Waals surface area (Å²) in [5.74, 6) is -1.88. The summed E-state index contributed by atoms with van der Waals surface area (Å²) in [6, 6.07) is 18.9. The Morgan fingerprint density at radius 2 is 1.85 bits per heavy atom. The number of carbonyl (C=O) groups excluding carboxylic acids is 2. The molecule has 1 atom stereocenters. The Bertz CT molecular complexity index is 1510. The number of dihydropyridines is 1. The number of allylic oxidation sites excluding steroid dienone is 2. The highest BCUT2D eigenvalue weighted by atomic mass is 32.2. The summed E-state index contributed by atoms with van der Waals surface area (Å²) in [5, 5.41) is 30.4. The van der Waals surface area contributed by atoms with E-state index in [1.54, 1.807) is 31.2 Å². The van der Waals surface area contributed by atoms with Gasteiger partial charge in [-0.2, -0.15) is 5.26 Å². The zero-order valence-corrected chi connectivity index (χ0v) is 22.6. The van der Waals surface area contributed by atoms with Crippen molar-refractivity contribution in [3.63, 3.8) is 0 Å². The Kier molecular flexibility index (Phi) is 8.70. The summed E-state index contributed by atoms with van der Waals surface area (Å²) in [4.78, 5) is 38.0. The highest BCUT2D eigenvalue weighted by Gasteiger charge is 2.35. The minimum atomic E-state index is -1.05. The minimum Gasteiger partial charge on any atom is -0.495 e. The molecule has 0 unspecified atom stereocenters. The van der Waals surface area contributed by atoms with Crippen LogP contribution in [0.4, 0.5) is 11.4 Å². The molecular weight excluding hydrogens is 536 g/mol. The van der Waals surface area contributed by atoms with Crippen LogP contribution in [0.3, 0.4) is 0 Å². The van der Waals surface area contributed by atoms with Gasteiger partial charge < -0.3 is 25.8 Å². The number of ether oxygens (including phenoxy) is 1. The molecule has 0 aliphatic carbocycles. The molecule has 0 radical (unpaired) electrons. The minimum absolute atomic E-state index is 0.0125. The van der Waals surface area contributed by atoms with Crippen LogP contribution in [-0.4, -0.2) is 35.8 Å². The van der Waals surface area contributed by atoms with Gasteiger partial charge in [-0.15, -0.1) is 11.3 Å². The molecule has 2 heterocycles. The Balaban J connectivity index is 1.56. The van der Waals surface area contributed by atoms with Crippen LogP contribution in [0.2, 0.25) is 0 Å². The molecule has 1 aliphatic heterocycles. The van der Waals surface area contributed by atoms with Crippen molar-refractivity contribution in [2.24, 2.45) is 0 Å². The lowest BCUT2D eigenvalue weighted by molar-refractivity contribution is -0.114. The number of thiophene rings is 1. The van der Waals surface area contributed by atoms with Crippen molar-refractivity contribution in [3.05, 3.63) is 98.4 Å². The maximum Gasteiger partial charge on any atom is 0.335 e. The molecule has 1 aromatic heterocycles. The van der Waals surface area contributed by atoms with Gasteiger partial charge in [0.1, 0.15) is 5.75 Å². The number of carbonyl (C=O) groups is 3. The average molecular weight is 561 g/mol. The normalized spacial score (nSPS) is 14.7. The summed E-state index contributed by atoms with van der Waals surface area (Å²) in [5.41, 5.74) is 2.37. The van der Waals surface area contributed by atoms with E-state index in [-0.39, 0.29) is 23.1 Å². The van der Waals surface area contributed by atoms with Crippen LogP contribution >= 0.6 is 23.1 Å². The van der Waals surface area contributed by atoms with Crippen LogP contribution in [0.15, 0.2) is 87.9 Å². The average Bonchev–Trinajstić information content (AvgIpc) is 3.46. The van der Waals surface area contributed by atoms with Gasteiger partial charge in [-0.1, -0.05) is 30.0 Å². The zero-order valence-electron chi connectivity index (χ0n) is 21.0. The first kappa shape index (κ1) is 27.5. The van der Waals surface area contributed by atoms with Crippen LogP contribution in [0, 0.1) is 11.3 Å². The zero-order chi connectivity index (χ0) is 27.9. The van der Waals surface area contributed by atoms with Crippen molar-refractivity contribution in [2.45, 2.75) is 12.8 Å². The van der Waals surface area contributed by atoms with Crippen molar-refractivity contribution in [2.75, 3.05) is 23.5 Å². The maximum absolute atomic E-state index is 13.6. The van der Waals surface area contributed by atoms with Crippen molar-refractivity contribution in [1.82, 2.24) is 5.32 Å². The number of anilines is 2. The van der Waals surface area contributed by atoms with E-state index in [1.807, 2.05) is 17.5 Å². The van der Waals surface area contributed by atoms with Gasteiger partial charge in [0, 0.05) is 21.8 Å². The van der Waals surface area contributed by atoms with Crippen molar-refractivity contribution < 1.29 is 24.2 Å². The first-order chi connectivity index (χ1) is 18.8. The van der Waals surface area contributed by atoms with E-state index in [2.05, 4.69) is 22.0 Å². The number of thioether (sulfide) groups is 1. The Hall–Kier alpha value is -4.53. The molecule has 11 heteroatoms. The van der Waals surface area contributed by atoms with Gasteiger partial charge in [-0.3, -0.25) is 9.59 Å². The van der Waals surface area contributed by atoms with Gasteiger partial charge in [0.15, 0.2) is 0 Å². The molecule has 0 bridgehead atoms. The number of amides is 2. The van der Waals surface area contributed by atoms with Gasteiger partial charge in [-0.25, -0.2) is 4.79 Å². The molecule has 39 heavy (non-hydrogen) atoms. The Morgan fingerprint density at radius 1 is 1.10 bits per heavy atom. The van der Waals surface area contributed by atoms with E-state index in [9.17, 15) is 19.6 Å². The van der Waals surface area contributed by atoms with Crippen LogP contribution in [-0.2, 0) is 9.59 Å². The fourth-order valence-corrected chi connectivity index (χ4v) is 5.77. The molecule has 1 aliphatic rings. The van der Waals surface area contributed by atoms with E-state index in [4.69, 9.17) is 9.84 Å². The largest absolute Gasteiger partial charge is 0.495 e. The molecule has 3 aromatic rings. The van der Waals surface area contributed by atoms with Gasteiger partial charge in [0.05, 0.1) is 46.7 Å². The van der Waals surface area contributed by atoms with E-state index in [0.717, 1.165) is 16.6 Å². The molecule has 4 rings (SSSR count). The second kappa shape index (κ2) is 12.3. The number of nitriles is 1. The lowest BCUT2D eigenvalue weighted by Crippen LogP contribution is -2.31. The van der Waals surface area contributed by atoms with Gasteiger partial charge in [0.2, 0.25) is 5.91 Å². The molecule has 0 fully saturated rings. The Labute approximate surface area is 233 Å². The third-order valence-electron chi connectivity index (χ3n) is 5.84. The number of para-hydroxylation sites is 2. The number of carboxylic acid groups (broad SMARTS) is 1. The monoisotopic (exact) mass is 560 g/mol. The lowest BCUT2D eigenvalue weighted by Gasteiger charge is -2.29.